The molecule has 10 nitrogen and oxygen atoms in total. The highest BCUT2D eigenvalue weighted by atomic mass is 32.2. The van der Waals surface area contributed by atoms with E-state index in [2.05, 4.69) is 4.99 Å². The first-order valence-corrected chi connectivity index (χ1v) is 9.71. The number of furan rings is 1. The maximum absolute atomic E-state index is 12.3. The summed E-state index contributed by atoms with van der Waals surface area (Å²) in [7, 11) is 0. The van der Waals surface area contributed by atoms with Crippen LogP contribution in [0.4, 0.5) is 11.6 Å². The van der Waals surface area contributed by atoms with E-state index in [4.69, 9.17) is 4.42 Å². The first-order valence-electron chi connectivity index (χ1n) is 7.50. The molecular weight excluding hydrogens is 396 g/mol. The van der Waals surface area contributed by atoms with Crippen LogP contribution in [0.1, 0.15) is 10.6 Å². The molecule has 1 amide bonds. The van der Waals surface area contributed by atoms with Crippen LogP contribution in [-0.4, -0.2) is 32.3 Å². The number of aromatic nitrogens is 1. The van der Waals surface area contributed by atoms with Gasteiger partial charge in [0.05, 0.1) is 21.2 Å². The molecule has 1 aromatic carbocycles. The van der Waals surface area contributed by atoms with E-state index >= 15 is 0 Å². The van der Waals surface area contributed by atoms with Gasteiger partial charge in [0, 0.05) is 24.4 Å². The number of nitrogens with zero attached hydrogens (tertiary/aromatic N) is 4. The molecule has 3 aromatic rings. The number of nitro groups is 2. The third kappa shape index (κ3) is 3.90. The number of carbonyl (C=O) groups is 1. The molecule has 12 heteroatoms. The fourth-order valence-corrected chi connectivity index (χ4v) is 3.79. The zero-order valence-corrected chi connectivity index (χ0v) is 15.5. The predicted octanol–water partition coefficient (Wildman–Crippen LogP) is 3.22. The van der Waals surface area contributed by atoms with E-state index in [0.717, 1.165) is 28.7 Å². The number of hydrogen-bond donors (Lipinski definition) is 0. The summed E-state index contributed by atoms with van der Waals surface area (Å²) in [4.78, 5) is 37.1. The molecule has 2 aromatic heterocycles. The molecule has 0 radical (unpaired) electrons. The van der Waals surface area contributed by atoms with Gasteiger partial charge >= 0.3 is 11.8 Å². The number of carbonyl (C=O) groups excluding carboxylic acids is 1. The zero-order valence-electron chi connectivity index (χ0n) is 13.9. The summed E-state index contributed by atoms with van der Waals surface area (Å²) >= 11 is 2.73. The Morgan fingerprint density at radius 2 is 2.04 bits per heavy atom. The molecule has 0 atom stereocenters. The summed E-state index contributed by atoms with van der Waals surface area (Å²) in [6.07, 6.45) is 1.93. The van der Waals surface area contributed by atoms with Crippen LogP contribution in [0.5, 0.6) is 0 Å². The van der Waals surface area contributed by atoms with E-state index in [1.54, 1.807) is 22.4 Å². The minimum absolute atomic E-state index is 0.0553. The van der Waals surface area contributed by atoms with Gasteiger partial charge in [-0.1, -0.05) is 11.3 Å². The monoisotopic (exact) mass is 408 g/mol. The summed E-state index contributed by atoms with van der Waals surface area (Å²) in [6.45, 7) is 0.545. The highest BCUT2D eigenvalue weighted by Crippen LogP contribution is 2.24. The summed E-state index contributed by atoms with van der Waals surface area (Å²) in [5, 5.41) is 21.7. The van der Waals surface area contributed by atoms with Crippen molar-refractivity contribution in [2.75, 3.05) is 12.0 Å². The third-order valence-electron chi connectivity index (χ3n) is 3.58. The molecule has 0 unspecified atom stereocenters. The average molecular weight is 408 g/mol. The van der Waals surface area contributed by atoms with Gasteiger partial charge in [-0.3, -0.25) is 25.0 Å². The normalized spacial score (nSPS) is 11.8. The minimum atomic E-state index is -0.762. The summed E-state index contributed by atoms with van der Waals surface area (Å²) in [6, 6.07) is 6.71. The number of non-ortho nitro benzene ring substituents is 1. The van der Waals surface area contributed by atoms with Crippen LogP contribution in [0.15, 0.2) is 39.7 Å². The van der Waals surface area contributed by atoms with Gasteiger partial charge in [-0.05, 0) is 18.4 Å². The lowest BCUT2D eigenvalue weighted by Gasteiger charge is -2.03. The largest absolute Gasteiger partial charge is 0.433 e. The van der Waals surface area contributed by atoms with Crippen LogP contribution in [0.2, 0.25) is 0 Å². The summed E-state index contributed by atoms with van der Waals surface area (Å²) in [5.41, 5.74) is 0.664. The van der Waals surface area contributed by atoms with Gasteiger partial charge in [0.25, 0.3) is 5.69 Å². The van der Waals surface area contributed by atoms with Gasteiger partial charge in [0.2, 0.25) is 5.76 Å². The smallest absolute Gasteiger partial charge is 0.395 e. The van der Waals surface area contributed by atoms with E-state index in [9.17, 15) is 25.0 Å². The van der Waals surface area contributed by atoms with Crippen molar-refractivity contribution in [3.8, 4) is 0 Å². The van der Waals surface area contributed by atoms with Crippen molar-refractivity contribution in [2.24, 2.45) is 4.99 Å². The lowest BCUT2D eigenvalue weighted by molar-refractivity contribution is -0.402. The highest BCUT2D eigenvalue weighted by molar-refractivity contribution is 7.98. The molecule has 3 rings (SSSR count). The first kappa shape index (κ1) is 18.8. The van der Waals surface area contributed by atoms with Crippen LogP contribution in [-0.2, 0) is 6.54 Å². The Morgan fingerprint density at radius 1 is 1.26 bits per heavy atom. The summed E-state index contributed by atoms with van der Waals surface area (Å²) in [5.74, 6) is -0.810. The van der Waals surface area contributed by atoms with Crippen molar-refractivity contribution in [3.63, 3.8) is 0 Å². The Morgan fingerprint density at radius 3 is 2.67 bits per heavy atom. The summed E-state index contributed by atoms with van der Waals surface area (Å²) < 4.78 is 7.28. The van der Waals surface area contributed by atoms with Crippen LogP contribution < -0.4 is 4.80 Å². The molecule has 0 saturated heterocycles. The van der Waals surface area contributed by atoms with Crippen molar-refractivity contribution in [1.29, 1.82) is 0 Å². The fourth-order valence-electron chi connectivity index (χ4n) is 2.34. The fraction of sp³-hybridized carbons (Fsp3) is 0.200. The van der Waals surface area contributed by atoms with Crippen LogP contribution >= 0.6 is 23.1 Å². The van der Waals surface area contributed by atoms with Crippen LogP contribution in [0.3, 0.4) is 0 Å². The van der Waals surface area contributed by atoms with E-state index in [0.29, 0.717) is 16.0 Å². The van der Waals surface area contributed by atoms with Gasteiger partial charge in [-0.15, -0.1) is 0 Å². The Kier molecular flexibility index (Phi) is 5.37. The number of aryl methyl sites for hydroxylation is 1. The van der Waals surface area contributed by atoms with Gasteiger partial charge in [0.1, 0.15) is 4.92 Å². The number of amides is 1. The molecule has 0 aliphatic carbocycles. The quantitative estimate of drug-likeness (QED) is 0.451. The van der Waals surface area contributed by atoms with Crippen molar-refractivity contribution in [1.82, 2.24) is 4.57 Å². The molecule has 140 valence electrons. The molecule has 0 saturated carbocycles. The topological polar surface area (TPSA) is 134 Å². The molecule has 0 aliphatic rings. The van der Waals surface area contributed by atoms with Gasteiger partial charge in [-0.25, -0.2) is 0 Å². The second-order valence-corrected chi connectivity index (χ2v) is 7.24. The number of benzene rings is 1. The average Bonchev–Trinajstić information content (AvgIpc) is 3.24. The SMILES string of the molecule is CSCCn1c(=NC(=O)c2ccc([N+](=O)[O-])o2)sc2cc([N+](=O)[O-])ccc21. The first-order chi connectivity index (χ1) is 12.9. The second kappa shape index (κ2) is 7.72. The lowest BCUT2D eigenvalue weighted by atomic mass is 10.3. The van der Waals surface area contributed by atoms with Gasteiger partial charge in [-0.2, -0.15) is 16.8 Å². The van der Waals surface area contributed by atoms with Crippen molar-refractivity contribution < 1.29 is 19.1 Å². The number of thiazole rings is 1. The molecule has 27 heavy (non-hydrogen) atoms. The molecule has 0 bridgehead atoms. The second-order valence-electron chi connectivity index (χ2n) is 5.25. The number of fused-ring (bicyclic) bond motifs is 1. The predicted molar refractivity (Wildman–Crippen MR) is 100 cm³/mol. The maximum atomic E-state index is 12.3. The van der Waals surface area contributed by atoms with Crippen molar-refractivity contribution in [2.45, 2.75) is 6.54 Å². The third-order valence-corrected chi connectivity index (χ3v) is 5.21. The van der Waals surface area contributed by atoms with E-state index in [1.165, 1.54) is 18.2 Å². The molecule has 0 fully saturated rings. The molecular formula is C15H12N4O6S2. The van der Waals surface area contributed by atoms with E-state index < -0.39 is 21.6 Å². The number of rotatable bonds is 6. The van der Waals surface area contributed by atoms with Crippen LogP contribution in [0, 0.1) is 20.2 Å². The minimum Gasteiger partial charge on any atom is -0.395 e. The van der Waals surface area contributed by atoms with Gasteiger partial charge < -0.3 is 8.98 Å². The number of nitro benzene ring substituents is 1. The number of thioether (sulfide) groups is 1. The van der Waals surface area contributed by atoms with Crippen molar-refractivity contribution in [3.05, 3.63) is 61.1 Å². The molecule has 2 heterocycles. The Bertz CT molecular complexity index is 1110. The Labute approximate surface area is 159 Å². The lowest BCUT2D eigenvalue weighted by Crippen LogP contribution is -2.18. The van der Waals surface area contributed by atoms with E-state index in [1.807, 2.05) is 6.26 Å². The highest BCUT2D eigenvalue weighted by Gasteiger charge is 2.18. The number of hydrogen-bond acceptors (Lipinski definition) is 8. The Hall–Kier alpha value is -2.99. The standard InChI is InChI=1S/C15H12N4O6S2/c1-26-7-6-17-10-3-2-9(18(21)22)8-12(10)27-15(17)16-14(20)11-4-5-13(25-11)19(23)24/h2-5,8H,6-7H2,1H3. The Balaban J connectivity index is 2.09. The van der Waals surface area contributed by atoms with E-state index in [-0.39, 0.29) is 11.4 Å². The molecule has 0 N–H and O–H groups in total. The van der Waals surface area contributed by atoms with Crippen LogP contribution in [0.25, 0.3) is 10.2 Å². The molecule has 0 aliphatic heterocycles. The van der Waals surface area contributed by atoms with Gasteiger partial charge in [0.15, 0.2) is 4.80 Å². The maximum Gasteiger partial charge on any atom is 0.433 e. The molecule has 0 spiro atoms. The zero-order chi connectivity index (χ0) is 19.6. The van der Waals surface area contributed by atoms with Crippen molar-refractivity contribution >= 4 is 50.8 Å².